The van der Waals surface area contributed by atoms with E-state index in [-0.39, 0.29) is 11.6 Å². The monoisotopic (exact) mass is 264 g/mol. The SMILES string of the molecule is CCc1cccc(C)c1C1C(=O)c2ccccc2C1=O. The molecule has 2 aromatic rings. The van der Waals surface area contributed by atoms with Crippen molar-refractivity contribution < 1.29 is 9.59 Å². The Bertz CT molecular complexity index is 678. The van der Waals surface area contributed by atoms with Crippen LogP contribution in [0, 0.1) is 6.92 Å². The number of benzene rings is 2. The molecule has 0 bridgehead atoms. The predicted molar refractivity (Wildman–Crippen MR) is 78.4 cm³/mol. The van der Waals surface area contributed by atoms with Gasteiger partial charge in [-0.2, -0.15) is 0 Å². The Morgan fingerprint density at radius 2 is 1.50 bits per heavy atom. The Morgan fingerprint density at radius 1 is 0.900 bits per heavy atom. The van der Waals surface area contributed by atoms with Crippen molar-refractivity contribution in [1.29, 1.82) is 0 Å². The van der Waals surface area contributed by atoms with Crippen LogP contribution >= 0.6 is 0 Å². The Labute approximate surface area is 118 Å². The minimum atomic E-state index is -0.649. The number of ketones is 2. The molecule has 0 heterocycles. The van der Waals surface area contributed by atoms with E-state index < -0.39 is 5.92 Å². The molecular formula is C18H16O2. The normalized spacial score (nSPS) is 14.7. The molecule has 0 saturated carbocycles. The maximum absolute atomic E-state index is 12.6. The van der Waals surface area contributed by atoms with Crippen LogP contribution < -0.4 is 0 Å². The van der Waals surface area contributed by atoms with Gasteiger partial charge in [-0.1, -0.05) is 49.4 Å². The van der Waals surface area contributed by atoms with E-state index in [0.29, 0.717) is 11.1 Å². The Kier molecular flexibility index (Phi) is 3.01. The van der Waals surface area contributed by atoms with Gasteiger partial charge in [0.05, 0.1) is 0 Å². The van der Waals surface area contributed by atoms with Crippen molar-refractivity contribution >= 4 is 11.6 Å². The Balaban J connectivity index is 2.19. The number of fused-ring (bicyclic) bond motifs is 1. The van der Waals surface area contributed by atoms with Gasteiger partial charge in [0.25, 0.3) is 0 Å². The molecule has 100 valence electrons. The Hall–Kier alpha value is -2.22. The highest BCUT2D eigenvalue weighted by atomic mass is 16.2. The van der Waals surface area contributed by atoms with Gasteiger partial charge < -0.3 is 0 Å². The fourth-order valence-electron chi connectivity index (χ4n) is 3.07. The van der Waals surface area contributed by atoms with Crippen LogP contribution in [0.15, 0.2) is 42.5 Å². The molecular weight excluding hydrogens is 248 g/mol. The summed E-state index contributed by atoms with van der Waals surface area (Å²) in [6.45, 7) is 4.02. The first kappa shape index (κ1) is 12.8. The van der Waals surface area contributed by atoms with Crippen LogP contribution in [-0.2, 0) is 6.42 Å². The molecule has 0 fully saturated rings. The number of hydrogen-bond donors (Lipinski definition) is 0. The molecule has 0 N–H and O–H groups in total. The third-order valence-corrected chi connectivity index (χ3v) is 4.07. The second-order valence-corrected chi connectivity index (χ2v) is 5.21. The Morgan fingerprint density at radius 3 is 2.05 bits per heavy atom. The summed E-state index contributed by atoms with van der Waals surface area (Å²) in [5.74, 6) is -0.771. The summed E-state index contributed by atoms with van der Waals surface area (Å²) < 4.78 is 0. The van der Waals surface area contributed by atoms with Gasteiger partial charge in [0, 0.05) is 11.1 Å². The van der Waals surface area contributed by atoms with E-state index in [1.54, 1.807) is 12.1 Å². The van der Waals surface area contributed by atoms with Crippen LogP contribution in [0.3, 0.4) is 0 Å². The van der Waals surface area contributed by atoms with E-state index >= 15 is 0 Å². The minimum absolute atomic E-state index is 0.0606. The van der Waals surface area contributed by atoms with Gasteiger partial charge in [0.15, 0.2) is 11.6 Å². The first-order valence-corrected chi connectivity index (χ1v) is 6.91. The van der Waals surface area contributed by atoms with Crippen LogP contribution in [0.4, 0.5) is 0 Å². The van der Waals surface area contributed by atoms with Crippen molar-refractivity contribution in [3.63, 3.8) is 0 Å². The number of carbonyl (C=O) groups excluding carboxylic acids is 2. The van der Waals surface area contributed by atoms with E-state index in [2.05, 4.69) is 6.92 Å². The van der Waals surface area contributed by atoms with Gasteiger partial charge in [0.1, 0.15) is 5.92 Å². The number of Topliss-reactive ketones (excluding diaryl/α,β-unsaturated/α-hetero) is 2. The second kappa shape index (κ2) is 4.71. The van der Waals surface area contributed by atoms with E-state index in [1.165, 1.54) is 0 Å². The lowest BCUT2D eigenvalue weighted by molar-refractivity contribution is 0.0889. The summed E-state index contributed by atoms with van der Waals surface area (Å²) in [7, 11) is 0. The fraction of sp³-hybridized carbons (Fsp3) is 0.222. The second-order valence-electron chi connectivity index (χ2n) is 5.21. The molecule has 0 aliphatic heterocycles. The highest BCUT2D eigenvalue weighted by Gasteiger charge is 2.40. The molecule has 0 atom stereocenters. The molecule has 0 aromatic heterocycles. The molecule has 0 saturated heterocycles. The molecule has 20 heavy (non-hydrogen) atoms. The summed E-state index contributed by atoms with van der Waals surface area (Å²) in [5, 5.41) is 0. The third kappa shape index (κ3) is 1.72. The van der Waals surface area contributed by atoms with Crippen molar-refractivity contribution in [2.75, 3.05) is 0 Å². The molecule has 2 nitrogen and oxygen atoms in total. The lowest BCUT2D eigenvalue weighted by Crippen LogP contribution is -2.16. The van der Waals surface area contributed by atoms with Gasteiger partial charge >= 0.3 is 0 Å². The standard InChI is InChI=1S/C18H16O2/c1-3-12-8-6-7-11(2)15(12)16-17(19)13-9-4-5-10-14(13)18(16)20/h4-10,16H,3H2,1-2H3. The number of rotatable bonds is 2. The highest BCUT2D eigenvalue weighted by molar-refractivity contribution is 6.29. The maximum Gasteiger partial charge on any atom is 0.178 e. The van der Waals surface area contributed by atoms with Gasteiger partial charge in [-0.05, 0) is 30.0 Å². The molecule has 0 unspecified atom stereocenters. The fourth-order valence-corrected chi connectivity index (χ4v) is 3.07. The number of aryl methyl sites for hydroxylation is 2. The van der Waals surface area contributed by atoms with Crippen LogP contribution in [0.1, 0.15) is 50.2 Å². The lowest BCUT2D eigenvalue weighted by atomic mass is 9.86. The van der Waals surface area contributed by atoms with Gasteiger partial charge in [-0.15, -0.1) is 0 Å². The van der Waals surface area contributed by atoms with E-state index in [4.69, 9.17) is 0 Å². The number of hydrogen-bond acceptors (Lipinski definition) is 2. The molecule has 2 aromatic carbocycles. The minimum Gasteiger partial charge on any atom is -0.293 e. The van der Waals surface area contributed by atoms with E-state index in [1.807, 2.05) is 37.3 Å². The zero-order chi connectivity index (χ0) is 14.3. The molecule has 1 aliphatic carbocycles. The molecule has 2 heteroatoms. The molecule has 1 aliphatic rings. The van der Waals surface area contributed by atoms with Crippen LogP contribution in [0.25, 0.3) is 0 Å². The average molecular weight is 264 g/mol. The summed E-state index contributed by atoms with van der Waals surface area (Å²) in [6, 6.07) is 13.1. The topological polar surface area (TPSA) is 34.1 Å². The van der Waals surface area contributed by atoms with E-state index in [0.717, 1.165) is 23.1 Å². The van der Waals surface area contributed by atoms with Crippen molar-refractivity contribution in [1.82, 2.24) is 0 Å². The molecule has 3 rings (SSSR count). The predicted octanol–water partition coefficient (Wildman–Crippen LogP) is 3.72. The maximum atomic E-state index is 12.6. The largest absolute Gasteiger partial charge is 0.293 e. The lowest BCUT2D eigenvalue weighted by Gasteiger charge is -2.15. The van der Waals surface area contributed by atoms with Gasteiger partial charge in [-0.3, -0.25) is 9.59 Å². The van der Waals surface area contributed by atoms with Gasteiger partial charge in [-0.25, -0.2) is 0 Å². The van der Waals surface area contributed by atoms with Crippen molar-refractivity contribution in [3.8, 4) is 0 Å². The highest BCUT2D eigenvalue weighted by Crippen LogP contribution is 2.37. The van der Waals surface area contributed by atoms with Gasteiger partial charge in [0.2, 0.25) is 0 Å². The third-order valence-electron chi connectivity index (χ3n) is 4.07. The van der Waals surface area contributed by atoms with Crippen LogP contribution in [-0.4, -0.2) is 11.6 Å². The van der Waals surface area contributed by atoms with Crippen LogP contribution in [0.5, 0.6) is 0 Å². The van der Waals surface area contributed by atoms with Crippen molar-refractivity contribution in [2.24, 2.45) is 0 Å². The molecule has 0 radical (unpaired) electrons. The molecule has 0 amide bonds. The molecule has 0 spiro atoms. The summed E-state index contributed by atoms with van der Waals surface area (Å²) in [5.41, 5.74) is 4.13. The zero-order valence-corrected chi connectivity index (χ0v) is 11.6. The van der Waals surface area contributed by atoms with Crippen molar-refractivity contribution in [2.45, 2.75) is 26.2 Å². The van der Waals surface area contributed by atoms with Crippen LogP contribution in [0.2, 0.25) is 0 Å². The first-order chi connectivity index (χ1) is 9.65. The number of carbonyl (C=O) groups is 2. The first-order valence-electron chi connectivity index (χ1n) is 6.91. The summed E-state index contributed by atoms with van der Waals surface area (Å²) in [6.07, 6.45) is 0.824. The van der Waals surface area contributed by atoms with Crippen molar-refractivity contribution in [3.05, 3.63) is 70.3 Å². The summed E-state index contributed by atoms with van der Waals surface area (Å²) >= 11 is 0. The quantitative estimate of drug-likeness (QED) is 0.775. The average Bonchev–Trinajstić information content (AvgIpc) is 2.72. The summed E-state index contributed by atoms with van der Waals surface area (Å²) in [4.78, 5) is 25.2. The zero-order valence-electron chi connectivity index (χ0n) is 11.6. The smallest absolute Gasteiger partial charge is 0.178 e. The van der Waals surface area contributed by atoms with E-state index in [9.17, 15) is 9.59 Å².